The van der Waals surface area contributed by atoms with Crippen molar-refractivity contribution in [2.24, 2.45) is 5.73 Å². The van der Waals surface area contributed by atoms with E-state index in [2.05, 4.69) is 10.6 Å². The molecular weight excluding hydrogens is 350 g/mol. The minimum atomic E-state index is -1.05. The Kier molecular flexibility index (Phi) is 7.33. The molecule has 0 bridgehead atoms. The van der Waals surface area contributed by atoms with Crippen molar-refractivity contribution in [2.45, 2.75) is 18.9 Å². The molecule has 2 aromatic rings. The molecule has 0 aromatic heterocycles. The number of nitrogens with one attached hydrogen (secondary N) is 2. The van der Waals surface area contributed by atoms with E-state index in [1.54, 1.807) is 24.3 Å². The molecule has 8 heteroatoms. The number of ether oxygens (including phenoxy) is 1. The monoisotopic (exact) mass is 371 g/mol. The number of carbonyl (C=O) groups is 3. The van der Waals surface area contributed by atoms with Crippen molar-refractivity contribution in [3.8, 4) is 0 Å². The summed E-state index contributed by atoms with van der Waals surface area (Å²) >= 11 is 0. The highest BCUT2D eigenvalue weighted by molar-refractivity contribution is 5.95. The number of aliphatic carboxylic acids is 1. The summed E-state index contributed by atoms with van der Waals surface area (Å²) in [4.78, 5) is 34.0. The molecule has 8 nitrogen and oxygen atoms in total. The molecule has 0 saturated carbocycles. The largest absolute Gasteiger partial charge is 0.481 e. The number of nitrogens with two attached hydrogens (primary N) is 1. The zero-order chi connectivity index (χ0) is 19.6. The second-order valence-corrected chi connectivity index (χ2v) is 5.77. The Balaban J connectivity index is 1.81. The second-order valence-electron chi connectivity index (χ2n) is 5.77. The highest BCUT2D eigenvalue weighted by atomic mass is 16.5. The highest BCUT2D eigenvalue weighted by Gasteiger charge is 2.14. The first-order valence-electron chi connectivity index (χ1n) is 8.30. The number of carbonyl (C=O) groups excluding carboxylic acids is 2. The summed E-state index contributed by atoms with van der Waals surface area (Å²) < 4.78 is 4.72. The first kappa shape index (κ1) is 19.9. The third kappa shape index (κ3) is 7.17. The summed E-state index contributed by atoms with van der Waals surface area (Å²) in [5.74, 6) is -1.36. The van der Waals surface area contributed by atoms with Crippen LogP contribution in [0.4, 0.5) is 16.2 Å². The van der Waals surface area contributed by atoms with Crippen molar-refractivity contribution in [3.63, 3.8) is 0 Å². The van der Waals surface area contributed by atoms with Crippen LogP contribution >= 0.6 is 0 Å². The fourth-order valence-electron chi connectivity index (χ4n) is 2.22. The van der Waals surface area contributed by atoms with E-state index in [-0.39, 0.29) is 18.9 Å². The van der Waals surface area contributed by atoms with E-state index in [4.69, 9.17) is 15.6 Å². The van der Waals surface area contributed by atoms with Gasteiger partial charge in [0.2, 0.25) is 5.91 Å². The normalized spacial score (nSPS) is 11.3. The number of hydrogen-bond acceptors (Lipinski definition) is 5. The fourth-order valence-corrected chi connectivity index (χ4v) is 2.22. The number of anilines is 2. The maximum absolute atomic E-state index is 12.2. The van der Waals surface area contributed by atoms with E-state index in [0.29, 0.717) is 17.8 Å². The molecule has 0 saturated heterocycles. The summed E-state index contributed by atoms with van der Waals surface area (Å²) in [5.41, 5.74) is 7.89. The average Bonchev–Trinajstić information content (AvgIpc) is 2.63. The van der Waals surface area contributed by atoms with Gasteiger partial charge in [-0.15, -0.1) is 0 Å². The van der Waals surface area contributed by atoms with Crippen LogP contribution in [0.25, 0.3) is 0 Å². The van der Waals surface area contributed by atoms with Gasteiger partial charge in [0.25, 0.3) is 0 Å². The van der Waals surface area contributed by atoms with Gasteiger partial charge in [-0.3, -0.25) is 14.9 Å². The van der Waals surface area contributed by atoms with Gasteiger partial charge in [-0.25, -0.2) is 4.79 Å². The van der Waals surface area contributed by atoms with Crippen LogP contribution in [-0.2, 0) is 20.7 Å². The Bertz CT molecular complexity index is 778. The fraction of sp³-hybridized carbons (Fsp3) is 0.211. The van der Waals surface area contributed by atoms with Gasteiger partial charge < -0.3 is 20.9 Å². The first-order valence-corrected chi connectivity index (χ1v) is 8.30. The average molecular weight is 371 g/mol. The minimum Gasteiger partial charge on any atom is -0.481 e. The van der Waals surface area contributed by atoms with Crippen LogP contribution in [0.1, 0.15) is 12.0 Å². The number of benzene rings is 2. The van der Waals surface area contributed by atoms with Gasteiger partial charge in [0.05, 0.1) is 12.5 Å². The van der Waals surface area contributed by atoms with Gasteiger partial charge in [-0.05, 0) is 36.2 Å². The molecule has 27 heavy (non-hydrogen) atoms. The molecule has 0 unspecified atom stereocenters. The van der Waals surface area contributed by atoms with Gasteiger partial charge in [0.15, 0.2) is 0 Å². The zero-order valence-electron chi connectivity index (χ0n) is 14.6. The number of carboxylic acid groups (broad SMARTS) is 1. The number of amides is 2. The van der Waals surface area contributed by atoms with E-state index in [0.717, 1.165) is 5.56 Å². The molecule has 0 spiro atoms. The number of hydrogen-bond donors (Lipinski definition) is 4. The van der Waals surface area contributed by atoms with E-state index in [1.807, 2.05) is 30.3 Å². The van der Waals surface area contributed by atoms with E-state index in [1.165, 1.54) is 0 Å². The highest BCUT2D eigenvalue weighted by Crippen LogP contribution is 2.14. The van der Waals surface area contributed by atoms with Crippen LogP contribution in [0.5, 0.6) is 0 Å². The summed E-state index contributed by atoms with van der Waals surface area (Å²) in [6, 6.07) is 15.2. The Morgan fingerprint density at radius 1 is 0.963 bits per heavy atom. The molecular formula is C19H21N3O5. The second kappa shape index (κ2) is 9.93. The molecule has 2 amide bonds. The smallest absolute Gasteiger partial charge is 0.411 e. The van der Waals surface area contributed by atoms with Gasteiger partial charge in [0, 0.05) is 11.4 Å². The van der Waals surface area contributed by atoms with Crippen molar-refractivity contribution in [3.05, 3.63) is 60.2 Å². The molecule has 0 radical (unpaired) electrons. The topological polar surface area (TPSA) is 131 Å². The SMILES string of the molecule is N[C@@H](Cc1ccccc1)C(=O)Nc1ccc(NC(=O)OCCC(=O)O)cc1. The maximum Gasteiger partial charge on any atom is 0.411 e. The Labute approximate surface area is 156 Å². The molecule has 0 aliphatic heterocycles. The molecule has 0 heterocycles. The summed E-state index contributed by atoms with van der Waals surface area (Å²) in [5, 5.41) is 13.7. The summed E-state index contributed by atoms with van der Waals surface area (Å²) in [6.45, 7) is -0.214. The van der Waals surface area contributed by atoms with Crippen LogP contribution in [0.15, 0.2) is 54.6 Å². The predicted octanol–water partition coefficient (Wildman–Crippen LogP) is 2.22. The Morgan fingerprint density at radius 3 is 2.15 bits per heavy atom. The quantitative estimate of drug-likeness (QED) is 0.563. The zero-order valence-corrected chi connectivity index (χ0v) is 14.6. The van der Waals surface area contributed by atoms with Crippen LogP contribution in [-0.4, -0.2) is 35.7 Å². The van der Waals surface area contributed by atoms with Crippen LogP contribution in [0.3, 0.4) is 0 Å². The third-order valence-electron chi connectivity index (χ3n) is 3.58. The predicted molar refractivity (Wildman–Crippen MR) is 100 cm³/mol. The molecule has 2 rings (SSSR count). The summed E-state index contributed by atoms with van der Waals surface area (Å²) in [7, 11) is 0. The van der Waals surface area contributed by atoms with Crippen molar-refractivity contribution in [2.75, 3.05) is 17.2 Å². The molecule has 2 aromatic carbocycles. The van der Waals surface area contributed by atoms with Crippen molar-refractivity contribution >= 4 is 29.3 Å². The van der Waals surface area contributed by atoms with Crippen LogP contribution < -0.4 is 16.4 Å². The Morgan fingerprint density at radius 2 is 1.56 bits per heavy atom. The van der Waals surface area contributed by atoms with Crippen LogP contribution in [0.2, 0.25) is 0 Å². The van der Waals surface area contributed by atoms with Gasteiger partial charge in [-0.2, -0.15) is 0 Å². The Hall–Kier alpha value is -3.39. The molecule has 0 fully saturated rings. The summed E-state index contributed by atoms with van der Waals surface area (Å²) in [6.07, 6.45) is -0.589. The van der Waals surface area contributed by atoms with Gasteiger partial charge in [-0.1, -0.05) is 30.3 Å². The first-order chi connectivity index (χ1) is 12.9. The third-order valence-corrected chi connectivity index (χ3v) is 3.58. The molecule has 0 aliphatic carbocycles. The molecule has 5 N–H and O–H groups in total. The van der Waals surface area contributed by atoms with Crippen molar-refractivity contribution < 1.29 is 24.2 Å². The number of carboxylic acids is 1. The van der Waals surface area contributed by atoms with Crippen molar-refractivity contribution in [1.29, 1.82) is 0 Å². The lowest BCUT2D eigenvalue weighted by atomic mass is 10.1. The molecule has 142 valence electrons. The van der Waals surface area contributed by atoms with E-state index < -0.39 is 18.1 Å². The standard InChI is InChI=1S/C19H21N3O5/c20-16(12-13-4-2-1-3-5-13)18(25)21-14-6-8-15(9-7-14)22-19(26)27-11-10-17(23)24/h1-9,16H,10-12,20H2,(H,21,25)(H,22,26)(H,23,24)/t16-/m0/s1. The number of rotatable bonds is 8. The lowest BCUT2D eigenvalue weighted by Gasteiger charge is -2.13. The lowest BCUT2D eigenvalue weighted by Crippen LogP contribution is -2.37. The van der Waals surface area contributed by atoms with Gasteiger partial charge >= 0.3 is 12.1 Å². The maximum atomic E-state index is 12.2. The van der Waals surface area contributed by atoms with E-state index in [9.17, 15) is 14.4 Å². The molecule has 1 atom stereocenters. The minimum absolute atomic E-state index is 0.214. The molecule has 0 aliphatic rings. The van der Waals surface area contributed by atoms with Gasteiger partial charge in [0.1, 0.15) is 6.61 Å². The van der Waals surface area contributed by atoms with Crippen molar-refractivity contribution in [1.82, 2.24) is 0 Å². The van der Waals surface area contributed by atoms with E-state index >= 15 is 0 Å². The van der Waals surface area contributed by atoms with Crippen LogP contribution in [0, 0.1) is 0 Å². The lowest BCUT2D eigenvalue weighted by molar-refractivity contribution is -0.137.